The molecule has 5 fully saturated rings. The SMILES string of the molecule is C[C@H](C[C@@H]1SC(=O)NC1=O)C1CCC2C3C(CC[C@@]21C)[C@@]1(C)CC[C@@H](O)C[C@H]1C[C@H]3O. The Morgan fingerprint density at radius 3 is 2.45 bits per heavy atom. The minimum Gasteiger partial charge on any atom is -0.393 e. The smallest absolute Gasteiger partial charge is 0.286 e. The molecule has 0 spiro atoms. The van der Waals surface area contributed by atoms with Gasteiger partial charge in [-0.25, -0.2) is 0 Å². The lowest BCUT2D eigenvalue weighted by molar-refractivity contribution is -0.174. The van der Waals surface area contributed by atoms with Crippen molar-refractivity contribution >= 4 is 22.9 Å². The van der Waals surface area contributed by atoms with Crippen LogP contribution in [0.3, 0.4) is 0 Å². The highest BCUT2D eigenvalue weighted by atomic mass is 32.2. The lowest BCUT2D eigenvalue weighted by Gasteiger charge is -2.62. The quantitative estimate of drug-likeness (QED) is 0.596. The Bertz CT molecular complexity index is 760. The van der Waals surface area contributed by atoms with Crippen LogP contribution in [-0.2, 0) is 4.79 Å². The molecule has 1 heterocycles. The molecule has 4 unspecified atom stereocenters. The maximum atomic E-state index is 12.1. The lowest BCUT2D eigenvalue weighted by atomic mass is 9.43. The predicted molar refractivity (Wildman–Crippen MR) is 121 cm³/mol. The van der Waals surface area contributed by atoms with Gasteiger partial charge in [0, 0.05) is 0 Å². The van der Waals surface area contributed by atoms with E-state index in [-0.39, 0.29) is 39.4 Å². The third kappa shape index (κ3) is 3.42. The molecule has 6 heteroatoms. The second-order valence-corrected chi connectivity index (χ2v) is 13.2. The van der Waals surface area contributed by atoms with Crippen LogP contribution in [0.15, 0.2) is 0 Å². The molecule has 174 valence electrons. The Morgan fingerprint density at radius 2 is 1.74 bits per heavy atom. The first-order chi connectivity index (χ1) is 14.6. The Kier molecular flexibility index (Phi) is 5.54. The molecule has 5 nitrogen and oxygen atoms in total. The van der Waals surface area contributed by atoms with E-state index in [1.54, 1.807) is 0 Å². The first kappa shape index (κ1) is 22.2. The highest BCUT2D eigenvalue weighted by Gasteiger charge is 2.63. The molecule has 0 radical (unpaired) electrons. The van der Waals surface area contributed by atoms with E-state index in [1.807, 2.05) is 0 Å². The zero-order chi connectivity index (χ0) is 22.1. The summed E-state index contributed by atoms with van der Waals surface area (Å²) in [5.74, 6) is 2.76. The van der Waals surface area contributed by atoms with Gasteiger partial charge in [-0.05, 0) is 104 Å². The van der Waals surface area contributed by atoms with Gasteiger partial charge >= 0.3 is 0 Å². The summed E-state index contributed by atoms with van der Waals surface area (Å²) in [4.78, 5) is 23.7. The normalized spacial score (nSPS) is 52.8. The van der Waals surface area contributed by atoms with Crippen molar-refractivity contribution in [2.75, 3.05) is 0 Å². The topological polar surface area (TPSA) is 86.6 Å². The first-order valence-corrected chi connectivity index (χ1v) is 13.4. The second kappa shape index (κ2) is 7.73. The van der Waals surface area contributed by atoms with Gasteiger partial charge in [-0.15, -0.1) is 0 Å². The summed E-state index contributed by atoms with van der Waals surface area (Å²) < 4.78 is 0. The van der Waals surface area contributed by atoms with Crippen molar-refractivity contribution in [2.24, 2.45) is 46.3 Å². The van der Waals surface area contributed by atoms with Crippen LogP contribution in [-0.4, -0.2) is 38.8 Å². The molecule has 0 aromatic heterocycles. The van der Waals surface area contributed by atoms with Gasteiger partial charge in [0.1, 0.15) is 0 Å². The first-order valence-electron chi connectivity index (χ1n) is 12.5. The third-order valence-electron chi connectivity index (χ3n) is 10.8. The van der Waals surface area contributed by atoms with Crippen LogP contribution in [0.5, 0.6) is 0 Å². The average molecular weight is 450 g/mol. The zero-order valence-electron chi connectivity index (χ0n) is 19.2. The maximum absolute atomic E-state index is 12.1. The molecular formula is C25H39NO4S. The highest BCUT2D eigenvalue weighted by Crippen LogP contribution is 2.68. The van der Waals surface area contributed by atoms with Gasteiger partial charge in [-0.3, -0.25) is 14.9 Å². The molecule has 4 saturated carbocycles. The van der Waals surface area contributed by atoms with Crippen molar-refractivity contribution in [3.8, 4) is 0 Å². The number of aliphatic hydroxyl groups is 2. The minimum atomic E-state index is -0.249. The Morgan fingerprint density at radius 1 is 1.03 bits per heavy atom. The van der Waals surface area contributed by atoms with Crippen LogP contribution in [0.2, 0.25) is 0 Å². The van der Waals surface area contributed by atoms with Gasteiger partial charge < -0.3 is 10.2 Å². The van der Waals surface area contributed by atoms with Crippen molar-refractivity contribution in [2.45, 2.75) is 96.0 Å². The zero-order valence-corrected chi connectivity index (χ0v) is 20.0. The molecule has 3 N–H and O–H groups in total. The number of fused-ring (bicyclic) bond motifs is 5. The van der Waals surface area contributed by atoms with E-state index in [1.165, 1.54) is 25.7 Å². The third-order valence-corrected chi connectivity index (χ3v) is 11.8. The Hall–Kier alpha value is -0.590. The number of carbonyl (C=O) groups is 2. The Labute approximate surface area is 190 Å². The predicted octanol–water partition coefficient (Wildman–Crippen LogP) is 4.35. The summed E-state index contributed by atoms with van der Waals surface area (Å²) in [6.07, 6.45) is 8.77. The van der Waals surface area contributed by atoms with Crippen molar-refractivity contribution in [3.05, 3.63) is 0 Å². The standard InChI is InChI=1S/C25H39NO4S/c1-13(10-20-22(29)26-23(30)31-20)16-4-5-17-21-18(7-9-25(16,17)3)24(2)8-6-15(27)11-14(24)12-19(21)28/h13-21,27-28H,4-12H2,1-3H3,(H,26,29,30)/t13-,14+,15-,16?,17?,18?,19-,20+,21?,24+,25-/m1/s1. The number of hydrogen-bond acceptors (Lipinski definition) is 5. The van der Waals surface area contributed by atoms with Crippen LogP contribution in [0.4, 0.5) is 4.79 Å². The van der Waals surface area contributed by atoms with Gasteiger partial charge in [-0.1, -0.05) is 32.5 Å². The summed E-state index contributed by atoms with van der Waals surface area (Å²) >= 11 is 1.16. The van der Waals surface area contributed by atoms with Gasteiger partial charge in [0.15, 0.2) is 0 Å². The van der Waals surface area contributed by atoms with Crippen molar-refractivity contribution < 1.29 is 19.8 Å². The van der Waals surface area contributed by atoms with Gasteiger partial charge in [0.25, 0.3) is 5.24 Å². The Balaban J connectivity index is 1.35. The second-order valence-electron chi connectivity index (χ2n) is 12.0. The molecule has 2 amide bonds. The van der Waals surface area contributed by atoms with Crippen LogP contribution >= 0.6 is 11.8 Å². The molecule has 4 aliphatic carbocycles. The number of carbonyl (C=O) groups excluding carboxylic acids is 2. The number of thioether (sulfide) groups is 1. The number of amides is 2. The van der Waals surface area contributed by atoms with Crippen molar-refractivity contribution in [3.63, 3.8) is 0 Å². The number of imide groups is 1. The van der Waals surface area contributed by atoms with E-state index in [4.69, 9.17) is 0 Å². The van der Waals surface area contributed by atoms with E-state index < -0.39 is 0 Å². The largest absolute Gasteiger partial charge is 0.393 e. The molecule has 31 heavy (non-hydrogen) atoms. The maximum Gasteiger partial charge on any atom is 0.286 e. The molecule has 0 aromatic rings. The van der Waals surface area contributed by atoms with Gasteiger partial charge in [0.2, 0.25) is 5.91 Å². The summed E-state index contributed by atoms with van der Waals surface area (Å²) in [7, 11) is 0. The fourth-order valence-electron chi connectivity index (χ4n) is 9.23. The molecule has 1 saturated heterocycles. The summed E-state index contributed by atoms with van der Waals surface area (Å²) in [6.45, 7) is 7.19. The molecule has 0 aromatic carbocycles. The van der Waals surface area contributed by atoms with Crippen LogP contribution in [0.25, 0.3) is 0 Å². The highest BCUT2D eigenvalue weighted by molar-refractivity contribution is 8.15. The number of hydrogen-bond donors (Lipinski definition) is 3. The van der Waals surface area contributed by atoms with E-state index in [2.05, 4.69) is 26.1 Å². The average Bonchev–Trinajstić information content (AvgIpc) is 3.21. The molecule has 1 aliphatic heterocycles. The van der Waals surface area contributed by atoms with Crippen LogP contribution < -0.4 is 5.32 Å². The van der Waals surface area contributed by atoms with Crippen molar-refractivity contribution in [1.82, 2.24) is 5.32 Å². The van der Waals surface area contributed by atoms with Crippen LogP contribution in [0.1, 0.15) is 78.6 Å². The molecule has 5 aliphatic rings. The molecule has 5 rings (SSSR count). The molecule has 0 bridgehead atoms. The van der Waals surface area contributed by atoms with E-state index >= 15 is 0 Å². The van der Waals surface area contributed by atoms with E-state index in [0.29, 0.717) is 35.5 Å². The summed E-state index contributed by atoms with van der Waals surface area (Å²) in [5, 5.41) is 23.6. The van der Waals surface area contributed by atoms with Crippen molar-refractivity contribution in [1.29, 1.82) is 0 Å². The van der Waals surface area contributed by atoms with E-state index in [9.17, 15) is 19.8 Å². The molecular weight excluding hydrogens is 410 g/mol. The lowest BCUT2D eigenvalue weighted by Crippen LogP contribution is -2.58. The van der Waals surface area contributed by atoms with Crippen LogP contribution in [0, 0.1) is 46.3 Å². The number of rotatable bonds is 3. The van der Waals surface area contributed by atoms with Gasteiger partial charge in [-0.2, -0.15) is 0 Å². The minimum absolute atomic E-state index is 0.119. The number of aliphatic hydroxyl groups excluding tert-OH is 2. The van der Waals surface area contributed by atoms with E-state index in [0.717, 1.165) is 43.9 Å². The monoisotopic (exact) mass is 449 g/mol. The fourth-order valence-corrected chi connectivity index (χ4v) is 10.2. The summed E-state index contributed by atoms with van der Waals surface area (Å²) in [6, 6.07) is 0. The van der Waals surface area contributed by atoms with Gasteiger partial charge in [0.05, 0.1) is 17.5 Å². The molecule has 11 atom stereocenters. The number of nitrogens with one attached hydrogen (secondary N) is 1. The fraction of sp³-hybridized carbons (Fsp3) is 0.920. The summed E-state index contributed by atoms with van der Waals surface area (Å²) in [5.41, 5.74) is 0.468.